The van der Waals surface area contributed by atoms with Gasteiger partial charge in [0.15, 0.2) is 5.78 Å². The molecule has 2 N–H and O–H groups in total. The highest BCUT2D eigenvalue weighted by Crippen LogP contribution is 2.30. The predicted octanol–water partition coefficient (Wildman–Crippen LogP) is 0.416. The van der Waals surface area contributed by atoms with Gasteiger partial charge in [-0.25, -0.2) is 0 Å². The van der Waals surface area contributed by atoms with Gasteiger partial charge >= 0.3 is 0 Å². The summed E-state index contributed by atoms with van der Waals surface area (Å²) >= 11 is 0. The minimum Gasteiger partial charge on any atom is -0.378 e. The SMILES string of the molecule is CC(=O)NCC(=O)N1CC(=O)C2C1CCN2C(=O)CC(C)CCNC(=O)c1ccc(N(C)C)cc1. The molecule has 0 radical (unpaired) electrons. The van der Waals surface area contributed by atoms with Gasteiger partial charge < -0.3 is 25.3 Å². The summed E-state index contributed by atoms with van der Waals surface area (Å²) in [7, 11) is 3.87. The molecule has 0 saturated carbocycles. The number of anilines is 1. The van der Waals surface area contributed by atoms with Crippen molar-refractivity contribution in [3.63, 3.8) is 0 Å². The first-order valence-corrected chi connectivity index (χ1v) is 12.0. The first kappa shape index (κ1) is 26.2. The van der Waals surface area contributed by atoms with Crippen molar-refractivity contribution in [2.45, 2.75) is 45.2 Å². The summed E-state index contributed by atoms with van der Waals surface area (Å²) in [6.07, 6.45) is 1.44. The molecule has 0 aliphatic carbocycles. The van der Waals surface area contributed by atoms with E-state index in [1.54, 1.807) is 17.0 Å². The van der Waals surface area contributed by atoms with Crippen LogP contribution < -0.4 is 15.5 Å². The van der Waals surface area contributed by atoms with Crippen LogP contribution in [0.2, 0.25) is 0 Å². The van der Waals surface area contributed by atoms with E-state index in [0.29, 0.717) is 31.5 Å². The van der Waals surface area contributed by atoms with Gasteiger partial charge in [0.2, 0.25) is 17.7 Å². The maximum atomic E-state index is 13.0. The zero-order valence-corrected chi connectivity index (χ0v) is 20.9. The van der Waals surface area contributed by atoms with Crippen LogP contribution in [0.4, 0.5) is 5.69 Å². The fourth-order valence-electron chi connectivity index (χ4n) is 4.69. The van der Waals surface area contributed by atoms with Gasteiger partial charge in [0.1, 0.15) is 6.04 Å². The Morgan fingerprint density at radius 1 is 1.06 bits per heavy atom. The molecule has 35 heavy (non-hydrogen) atoms. The van der Waals surface area contributed by atoms with Crippen molar-refractivity contribution in [2.75, 3.05) is 45.2 Å². The maximum Gasteiger partial charge on any atom is 0.251 e. The average Bonchev–Trinajstić information content (AvgIpc) is 3.38. The van der Waals surface area contributed by atoms with Crippen LogP contribution in [-0.2, 0) is 19.2 Å². The number of likely N-dealkylation sites (tertiary alicyclic amines) is 2. The largest absolute Gasteiger partial charge is 0.378 e. The van der Waals surface area contributed by atoms with Crippen molar-refractivity contribution >= 4 is 35.1 Å². The fraction of sp³-hybridized carbons (Fsp3) is 0.560. The number of hydrogen-bond acceptors (Lipinski definition) is 6. The highest BCUT2D eigenvalue weighted by molar-refractivity contribution is 5.98. The number of rotatable bonds is 9. The van der Waals surface area contributed by atoms with Gasteiger partial charge in [0, 0.05) is 51.8 Å². The Hall–Kier alpha value is -3.43. The van der Waals surface area contributed by atoms with E-state index in [2.05, 4.69) is 10.6 Å². The highest BCUT2D eigenvalue weighted by Gasteiger charge is 2.51. The molecule has 10 heteroatoms. The lowest BCUT2D eigenvalue weighted by Gasteiger charge is -2.25. The van der Waals surface area contributed by atoms with Crippen molar-refractivity contribution in [3.8, 4) is 0 Å². The smallest absolute Gasteiger partial charge is 0.251 e. The van der Waals surface area contributed by atoms with Gasteiger partial charge in [-0.2, -0.15) is 0 Å². The number of benzene rings is 1. The Labute approximate surface area is 206 Å². The van der Waals surface area contributed by atoms with Crippen molar-refractivity contribution in [1.82, 2.24) is 20.4 Å². The van der Waals surface area contributed by atoms with Crippen LogP contribution in [0, 0.1) is 5.92 Å². The van der Waals surface area contributed by atoms with Crippen LogP contribution in [0.1, 0.15) is 43.5 Å². The monoisotopic (exact) mass is 485 g/mol. The summed E-state index contributed by atoms with van der Waals surface area (Å²) in [4.78, 5) is 66.5. The van der Waals surface area contributed by atoms with Crippen molar-refractivity contribution in [2.24, 2.45) is 5.92 Å². The Balaban J connectivity index is 1.45. The van der Waals surface area contributed by atoms with Crippen LogP contribution in [0.5, 0.6) is 0 Å². The minimum absolute atomic E-state index is 0.0203. The average molecular weight is 486 g/mol. The van der Waals surface area contributed by atoms with Crippen LogP contribution in [0.25, 0.3) is 0 Å². The van der Waals surface area contributed by atoms with Gasteiger partial charge in [-0.1, -0.05) is 6.92 Å². The molecule has 3 unspecified atom stereocenters. The lowest BCUT2D eigenvalue weighted by molar-refractivity contribution is -0.137. The number of nitrogens with zero attached hydrogens (tertiary/aromatic N) is 3. The second kappa shape index (κ2) is 11.3. The number of hydrogen-bond donors (Lipinski definition) is 2. The van der Waals surface area contributed by atoms with Gasteiger partial charge in [0.25, 0.3) is 5.91 Å². The van der Waals surface area contributed by atoms with Gasteiger partial charge in [-0.05, 0) is 43.0 Å². The van der Waals surface area contributed by atoms with E-state index in [1.807, 2.05) is 38.1 Å². The third kappa shape index (κ3) is 6.37. The minimum atomic E-state index is -0.610. The number of carbonyl (C=O) groups excluding carboxylic acids is 5. The van der Waals surface area contributed by atoms with E-state index in [0.717, 1.165) is 5.69 Å². The molecule has 1 aromatic carbocycles. The Morgan fingerprint density at radius 2 is 1.74 bits per heavy atom. The Bertz CT molecular complexity index is 977. The molecule has 4 amide bonds. The van der Waals surface area contributed by atoms with Crippen LogP contribution >= 0.6 is 0 Å². The molecule has 2 aliphatic heterocycles. The van der Waals surface area contributed by atoms with E-state index >= 15 is 0 Å². The zero-order chi connectivity index (χ0) is 25.7. The molecule has 3 atom stereocenters. The molecular formula is C25H35N5O5. The lowest BCUT2D eigenvalue weighted by atomic mass is 10.0. The van der Waals surface area contributed by atoms with E-state index in [9.17, 15) is 24.0 Å². The van der Waals surface area contributed by atoms with Gasteiger partial charge in [-0.15, -0.1) is 0 Å². The Morgan fingerprint density at radius 3 is 2.37 bits per heavy atom. The number of fused-ring (bicyclic) bond motifs is 1. The summed E-state index contributed by atoms with van der Waals surface area (Å²) in [6, 6.07) is 6.40. The number of amides is 4. The quantitative estimate of drug-likeness (QED) is 0.523. The van der Waals surface area contributed by atoms with Gasteiger partial charge in [0.05, 0.1) is 19.1 Å². The topological polar surface area (TPSA) is 119 Å². The Kier molecular flexibility index (Phi) is 8.48. The van der Waals surface area contributed by atoms with Crippen molar-refractivity contribution < 1.29 is 24.0 Å². The van der Waals surface area contributed by atoms with E-state index in [1.165, 1.54) is 11.8 Å². The molecule has 0 spiro atoms. The summed E-state index contributed by atoms with van der Waals surface area (Å²) < 4.78 is 0. The summed E-state index contributed by atoms with van der Waals surface area (Å²) in [6.45, 7) is 3.96. The zero-order valence-electron chi connectivity index (χ0n) is 20.9. The number of nitrogens with one attached hydrogen (secondary N) is 2. The highest BCUT2D eigenvalue weighted by atomic mass is 16.2. The molecule has 2 fully saturated rings. The standard InChI is InChI=1S/C25H35N5O5/c1-16(9-11-26-25(35)18-5-7-19(8-6-18)28(3)4)13-22(33)29-12-10-20-24(29)21(32)15-30(20)23(34)14-27-17(2)31/h5-8,16,20,24H,9-15H2,1-4H3,(H,26,35)(H,27,31). The second-order valence-corrected chi connectivity index (χ2v) is 9.58. The summed E-state index contributed by atoms with van der Waals surface area (Å²) in [5.41, 5.74) is 1.60. The lowest BCUT2D eigenvalue weighted by Crippen LogP contribution is -2.45. The normalized spacial score (nSPS) is 19.8. The van der Waals surface area contributed by atoms with Gasteiger partial charge in [-0.3, -0.25) is 24.0 Å². The van der Waals surface area contributed by atoms with Crippen LogP contribution in [-0.4, -0.2) is 91.6 Å². The fourth-order valence-corrected chi connectivity index (χ4v) is 4.69. The molecule has 190 valence electrons. The van der Waals surface area contributed by atoms with E-state index in [-0.39, 0.29) is 60.9 Å². The molecular weight excluding hydrogens is 450 g/mol. The number of Topliss-reactive ketones (excluding diaryl/α,β-unsaturated/α-hetero) is 1. The predicted molar refractivity (Wildman–Crippen MR) is 131 cm³/mol. The molecule has 2 heterocycles. The molecule has 2 saturated heterocycles. The van der Waals surface area contributed by atoms with E-state index < -0.39 is 6.04 Å². The van der Waals surface area contributed by atoms with Crippen molar-refractivity contribution in [3.05, 3.63) is 29.8 Å². The molecule has 10 nitrogen and oxygen atoms in total. The molecule has 2 aliphatic rings. The molecule has 0 aromatic heterocycles. The molecule has 3 rings (SSSR count). The summed E-state index contributed by atoms with van der Waals surface area (Å²) in [5, 5.41) is 5.37. The summed E-state index contributed by atoms with van der Waals surface area (Å²) in [5.74, 6) is -1.01. The number of carbonyl (C=O) groups is 5. The third-order valence-electron chi connectivity index (χ3n) is 6.64. The second-order valence-electron chi connectivity index (χ2n) is 9.58. The third-order valence-corrected chi connectivity index (χ3v) is 6.64. The number of ketones is 1. The first-order chi connectivity index (χ1) is 16.6. The van der Waals surface area contributed by atoms with Crippen LogP contribution in [0.15, 0.2) is 24.3 Å². The maximum absolute atomic E-state index is 13.0. The molecule has 0 bridgehead atoms. The van der Waals surface area contributed by atoms with E-state index in [4.69, 9.17) is 0 Å². The van der Waals surface area contributed by atoms with Crippen LogP contribution in [0.3, 0.4) is 0 Å². The van der Waals surface area contributed by atoms with Crippen molar-refractivity contribution in [1.29, 1.82) is 0 Å². The first-order valence-electron chi connectivity index (χ1n) is 12.0. The molecule has 1 aromatic rings.